The first-order chi connectivity index (χ1) is 8.97. The molecule has 1 aliphatic rings. The number of rotatable bonds is 4. The molecule has 0 aliphatic carbocycles. The molecular weight excluding hydrogens is 328 g/mol. The maximum absolute atomic E-state index is 12.1. The van der Waals surface area contributed by atoms with Gasteiger partial charge in [-0.2, -0.15) is 0 Å². The molecule has 1 N–H and O–H groups in total. The van der Waals surface area contributed by atoms with Gasteiger partial charge in [-0.15, -0.1) is 0 Å². The first kappa shape index (κ1) is 14.4. The molecule has 6 heteroatoms. The van der Waals surface area contributed by atoms with Crippen molar-refractivity contribution in [3.63, 3.8) is 0 Å². The van der Waals surface area contributed by atoms with Crippen molar-refractivity contribution in [2.75, 3.05) is 11.9 Å². The van der Waals surface area contributed by atoms with E-state index < -0.39 is 5.37 Å². The van der Waals surface area contributed by atoms with Crippen LogP contribution >= 0.6 is 27.7 Å². The van der Waals surface area contributed by atoms with Gasteiger partial charge in [0.2, 0.25) is 0 Å². The van der Waals surface area contributed by atoms with Gasteiger partial charge in [0.15, 0.2) is 5.37 Å². The minimum absolute atomic E-state index is 0.161. The lowest BCUT2D eigenvalue weighted by atomic mass is 10.2. The third-order valence-corrected chi connectivity index (χ3v) is 4.12. The lowest BCUT2D eigenvalue weighted by molar-refractivity contribution is -0.126. The molecule has 0 radical (unpaired) electrons. The lowest BCUT2D eigenvalue weighted by Crippen LogP contribution is -2.36. The van der Waals surface area contributed by atoms with Crippen LogP contribution in [0.5, 0.6) is 0 Å². The minimum atomic E-state index is -0.521. The molecular formula is C13H15BrN2O2S. The molecule has 102 valence electrons. The summed E-state index contributed by atoms with van der Waals surface area (Å²) in [6.07, 6.45) is 0. The highest BCUT2D eigenvalue weighted by atomic mass is 79.9. The lowest BCUT2D eigenvalue weighted by Gasteiger charge is -2.16. The number of halogens is 1. The molecule has 4 nitrogen and oxygen atoms in total. The van der Waals surface area contributed by atoms with Gasteiger partial charge in [-0.3, -0.25) is 14.5 Å². The Hall–Kier alpha value is -1.01. The van der Waals surface area contributed by atoms with Crippen LogP contribution in [0.3, 0.4) is 0 Å². The molecule has 0 spiro atoms. The summed E-state index contributed by atoms with van der Waals surface area (Å²) in [5.41, 5.74) is 0.827. The van der Waals surface area contributed by atoms with Crippen LogP contribution in [0.15, 0.2) is 28.7 Å². The van der Waals surface area contributed by atoms with Crippen molar-refractivity contribution in [2.24, 2.45) is 5.92 Å². The molecule has 1 heterocycles. The summed E-state index contributed by atoms with van der Waals surface area (Å²) < 4.78 is 0.973. The first-order valence-corrected chi connectivity index (χ1v) is 7.68. The van der Waals surface area contributed by atoms with Crippen LogP contribution in [0.1, 0.15) is 13.8 Å². The van der Waals surface area contributed by atoms with Gasteiger partial charge in [0.1, 0.15) is 0 Å². The van der Waals surface area contributed by atoms with Crippen molar-refractivity contribution < 1.29 is 9.59 Å². The molecule has 1 saturated heterocycles. The number of thioether (sulfide) groups is 1. The zero-order chi connectivity index (χ0) is 14.0. The third kappa shape index (κ3) is 3.51. The van der Waals surface area contributed by atoms with Gasteiger partial charge >= 0.3 is 0 Å². The van der Waals surface area contributed by atoms with Gasteiger partial charge in [-0.1, -0.05) is 29.8 Å². The van der Waals surface area contributed by atoms with Crippen molar-refractivity contribution in [3.8, 4) is 0 Å². The minimum Gasteiger partial charge on any atom is -0.365 e. The second-order valence-corrected chi connectivity index (χ2v) is 6.73. The van der Waals surface area contributed by atoms with Gasteiger partial charge in [0.25, 0.3) is 11.1 Å². The van der Waals surface area contributed by atoms with Crippen molar-refractivity contribution in [1.82, 2.24) is 4.90 Å². The summed E-state index contributed by atoms with van der Waals surface area (Å²) in [7, 11) is 0. The van der Waals surface area contributed by atoms with E-state index in [1.807, 2.05) is 38.1 Å². The number of benzene rings is 1. The topological polar surface area (TPSA) is 49.4 Å². The number of carbonyl (C=O) groups is 2. The van der Waals surface area contributed by atoms with Crippen molar-refractivity contribution in [1.29, 1.82) is 0 Å². The van der Waals surface area contributed by atoms with Gasteiger partial charge in [0.05, 0.1) is 0 Å². The number of nitrogens with one attached hydrogen (secondary N) is 1. The molecule has 0 bridgehead atoms. The largest absolute Gasteiger partial charge is 0.365 e. The van der Waals surface area contributed by atoms with Crippen molar-refractivity contribution in [2.45, 2.75) is 19.2 Å². The van der Waals surface area contributed by atoms with Crippen LogP contribution in [-0.4, -0.2) is 28.0 Å². The SMILES string of the molecule is CC(C)CN1C(=O)S[C@@H](Nc2ccc(Br)cc2)C1=O. The van der Waals surface area contributed by atoms with Gasteiger partial charge < -0.3 is 5.32 Å². The maximum Gasteiger partial charge on any atom is 0.290 e. The Morgan fingerprint density at radius 3 is 2.53 bits per heavy atom. The number of carbonyl (C=O) groups excluding carboxylic acids is 2. The zero-order valence-corrected chi connectivity index (χ0v) is 13.1. The van der Waals surface area contributed by atoms with E-state index in [1.165, 1.54) is 4.90 Å². The maximum atomic E-state index is 12.1. The highest BCUT2D eigenvalue weighted by molar-refractivity contribution is 9.10. The first-order valence-electron chi connectivity index (χ1n) is 6.01. The fraction of sp³-hybridized carbons (Fsp3) is 0.385. The summed E-state index contributed by atoms with van der Waals surface area (Å²) in [5, 5.41) is 2.39. The highest BCUT2D eigenvalue weighted by Gasteiger charge is 2.39. The van der Waals surface area contributed by atoms with Crippen LogP contribution in [0.4, 0.5) is 10.5 Å². The Bertz CT molecular complexity index is 490. The molecule has 1 aromatic rings. The number of amides is 2. The van der Waals surface area contributed by atoms with Crippen molar-refractivity contribution >= 4 is 44.5 Å². The summed E-state index contributed by atoms with van der Waals surface area (Å²) in [4.78, 5) is 25.3. The smallest absolute Gasteiger partial charge is 0.290 e. The molecule has 1 aliphatic heterocycles. The average Bonchev–Trinajstić information content (AvgIpc) is 2.60. The zero-order valence-electron chi connectivity index (χ0n) is 10.7. The summed E-state index contributed by atoms with van der Waals surface area (Å²) >= 11 is 4.39. The van der Waals surface area contributed by atoms with Crippen LogP contribution < -0.4 is 5.32 Å². The number of imide groups is 1. The van der Waals surface area contributed by atoms with Gasteiger partial charge in [0, 0.05) is 16.7 Å². The predicted molar refractivity (Wildman–Crippen MR) is 81.1 cm³/mol. The number of nitrogens with zero attached hydrogens (tertiary/aromatic N) is 1. The molecule has 1 fully saturated rings. The Labute approximate surface area is 125 Å². The second-order valence-electron chi connectivity index (χ2n) is 4.76. The fourth-order valence-corrected chi connectivity index (χ4v) is 2.95. The van der Waals surface area contributed by atoms with E-state index in [2.05, 4.69) is 21.2 Å². The molecule has 0 saturated carbocycles. The highest BCUT2D eigenvalue weighted by Crippen LogP contribution is 2.29. The van der Waals surface area contributed by atoms with E-state index in [0.717, 1.165) is 21.9 Å². The van der Waals surface area contributed by atoms with Crippen LogP contribution in [0, 0.1) is 5.92 Å². The second kappa shape index (κ2) is 5.96. The standard InChI is InChI=1S/C13H15BrN2O2S/c1-8(2)7-16-12(17)11(19-13(16)18)15-10-5-3-9(14)4-6-10/h3-6,8,11,15H,7H2,1-2H3/t11-/m1/s1. The summed E-state index contributed by atoms with van der Waals surface area (Å²) in [5.74, 6) is 0.117. The average molecular weight is 343 g/mol. The predicted octanol–water partition coefficient (Wildman–Crippen LogP) is 3.54. The number of hydrogen-bond donors (Lipinski definition) is 1. The van der Waals surface area contributed by atoms with E-state index in [0.29, 0.717) is 6.54 Å². The van der Waals surface area contributed by atoms with E-state index >= 15 is 0 Å². The normalized spacial score (nSPS) is 19.4. The molecule has 1 atom stereocenters. The van der Waals surface area contributed by atoms with E-state index in [1.54, 1.807) is 0 Å². The molecule has 0 unspecified atom stereocenters. The monoisotopic (exact) mass is 342 g/mol. The third-order valence-electron chi connectivity index (χ3n) is 2.62. The van der Waals surface area contributed by atoms with Crippen molar-refractivity contribution in [3.05, 3.63) is 28.7 Å². The molecule has 19 heavy (non-hydrogen) atoms. The molecule has 2 rings (SSSR count). The molecule has 1 aromatic carbocycles. The van der Waals surface area contributed by atoms with E-state index in [4.69, 9.17) is 0 Å². The van der Waals surface area contributed by atoms with E-state index in [9.17, 15) is 9.59 Å². The van der Waals surface area contributed by atoms with Gasteiger partial charge in [-0.05, 0) is 41.9 Å². The Balaban J connectivity index is 2.04. The Morgan fingerprint density at radius 2 is 1.95 bits per heavy atom. The quantitative estimate of drug-likeness (QED) is 0.909. The van der Waals surface area contributed by atoms with Gasteiger partial charge in [-0.25, -0.2) is 0 Å². The van der Waals surface area contributed by atoms with Crippen LogP contribution in [0.25, 0.3) is 0 Å². The molecule has 2 amide bonds. The van der Waals surface area contributed by atoms with Crippen LogP contribution in [-0.2, 0) is 4.79 Å². The molecule has 0 aromatic heterocycles. The Morgan fingerprint density at radius 1 is 1.32 bits per heavy atom. The van der Waals surface area contributed by atoms with Crippen LogP contribution in [0.2, 0.25) is 0 Å². The Kier molecular flexibility index (Phi) is 4.52. The van der Waals surface area contributed by atoms with E-state index in [-0.39, 0.29) is 17.1 Å². The number of hydrogen-bond acceptors (Lipinski definition) is 4. The number of anilines is 1. The summed E-state index contributed by atoms with van der Waals surface area (Å²) in [6, 6.07) is 7.52. The summed E-state index contributed by atoms with van der Waals surface area (Å²) in [6.45, 7) is 4.45. The fourth-order valence-electron chi connectivity index (χ4n) is 1.76.